The van der Waals surface area contributed by atoms with E-state index in [1.165, 1.54) is 0 Å². The highest BCUT2D eigenvalue weighted by Gasteiger charge is 2.21. The number of nitrogens with one attached hydrogen (secondary N) is 1. The fourth-order valence-corrected chi connectivity index (χ4v) is 3.05. The fourth-order valence-electron chi connectivity index (χ4n) is 3.05. The summed E-state index contributed by atoms with van der Waals surface area (Å²) in [4.78, 5) is 37.3. The number of para-hydroxylation sites is 1. The molecule has 32 heavy (non-hydrogen) atoms. The minimum Gasteiger partial charge on any atom is -0.481 e. The van der Waals surface area contributed by atoms with Gasteiger partial charge in [0.25, 0.3) is 11.5 Å². The molecule has 0 aliphatic heterocycles. The van der Waals surface area contributed by atoms with Gasteiger partial charge in [-0.15, -0.1) is 0 Å². The summed E-state index contributed by atoms with van der Waals surface area (Å²) in [5, 5.41) is 6.93. The Morgan fingerprint density at radius 1 is 1.06 bits per heavy atom. The second-order valence-corrected chi connectivity index (χ2v) is 6.99. The maximum Gasteiger partial charge on any atom is 0.362 e. The number of ether oxygens (including phenoxy) is 2. The first kappa shape index (κ1) is 22.7. The van der Waals surface area contributed by atoms with Crippen LogP contribution in [0.2, 0.25) is 0 Å². The van der Waals surface area contributed by atoms with E-state index in [9.17, 15) is 14.4 Å². The second kappa shape index (κ2) is 10.9. The van der Waals surface area contributed by atoms with Crippen molar-refractivity contribution in [2.45, 2.75) is 20.3 Å². The number of carbonyl (C=O) groups excluding carboxylic acids is 2. The molecule has 0 unspecified atom stereocenters. The summed E-state index contributed by atoms with van der Waals surface area (Å²) >= 11 is 0. The highest BCUT2D eigenvalue weighted by Crippen LogP contribution is 2.17. The smallest absolute Gasteiger partial charge is 0.362 e. The van der Waals surface area contributed by atoms with Crippen LogP contribution in [0.1, 0.15) is 28.5 Å². The number of amides is 1. The van der Waals surface area contributed by atoms with Crippen LogP contribution in [0, 0.1) is 6.92 Å². The van der Waals surface area contributed by atoms with Crippen molar-refractivity contribution in [3.8, 4) is 11.4 Å². The van der Waals surface area contributed by atoms with Gasteiger partial charge in [-0.3, -0.25) is 9.59 Å². The molecule has 0 atom stereocenters. The van der Waals surface area contributed by atoms with Crippen LogP contribution in [0.3, 0.4) is 0 Å². The van der Waals surface area contributed by atoms with Gasteiger partial charge in [0.15, 0.2) is 12.4 Å². The monoisotopic (exact) mass is 435 g/mol. The van der Waals surface area contributed by atoms with E-state index >= 15 is 0 Å². The van der Waals surface area contributed by atoms with E-state index in [-0.39, 0.29) is 30.6 Å². The maximum absolute atomic E-state index is 12.7. The van der Waals surface area contributed by atoms with E-state index in [4.69, 9.17) is 9.47 Å². The van der Waals surface area contributed by atoms with Crippen LogP contribution in [0.5, 0.6) is 5.75 Å². The van der Waals surface area contributed by atoms with Crippen LogP contribution in [-0.2, 0) is 16.0 Å². The zero-order valence-electron chi connectivity index (χ0n) is 18.0. The molecule has 0 aliphatic rings. The summed E-state index contributed by atoms with van der Waals surface area (Å²) in [5.41, 5.74) is 1.78. The third-order valence-corrected chi connectivity index (χ3v) is 4.65. The first-order chi connectivity index (χ1) is 15.5. The predicted molar refractivity (Wildman–Crippen MR) is 119 cm³/mol. The molecule has 3 aromatic rings. The first-order valence-electron chi connectivity index (χ1n) is 10.3. The number of aromatic nitrogens is 2. The quantitative estimate of drug-likeness (QED) is 0.519. The molecule has 8 heteroatoms. The minimum atomic E-state index is -0.741. The molecule has 0 fully saturated rings. The van der Waals surface area contributed by atoms with E-state index in [0.29, 0.717) is 18.7 Å². The third kappa shape index (κ3) is 5.81. The molecular formula is C24H25N3O5. The van der Waals surface area contributed by atoms with Crippen LogP contribution >= 0.6 is 0 Å². The van der Waals surface area contributed by atoms with Gasteiger partial charge in [0.1, 0.15) is 0 Å². The molecule has 0 aliphatic carbocycles. The maximum atomic E-state index is 12.7. The Labute approximate surface area is 185 Å². The topological polar surface area (TPSA) is 99.5 Å². The van der Waals surface area contributed by atoms with E-state index in [1.54, 1.807) is 19.1 Å². The lowest BCUT2D eigenvalue weighted by Gasteiger charge is -2.13. The Bertz CT molecular complexity index is 1140. The fraction of sp³-hybridized carbons (Fsp3) is 0.250. The van der Waals surface area contributed by atoms with E-state index in [2.05, 4.69) is 10.4 Å². The van der Waals surface area contributed by atoms with Gasteiger partial charge >= 0.3 is 5.97 Å². The lowest BCUT2D eigenvalue weighted by atomic mass is 10.1. The lowest BCUT2D eigenvalue weighted by Crippen LogP contribution is -2.32. The van der Waals surface area contributed by atoms with Crippen LogP contribution in [0.15, 0.2) is 65.5 Å². The zero-order valence-corrected chi connectivity index (χ0v) is 18.0. The number of nitrogens with zero attached hydrogens (tertiary/aromatic N) is 2. The van der Waals surface area contributed by atoms with Gasteiger partial charge in [0.2, 0.25) is 5.69 Å². The Morgan fingerprint density at radius 3 is 2.50 bits per heavy atom. The van der Waals surface area contributed by atoms with Gasteiger partial charge in [-0.1, -0.05) is 48.5 Å². The van der Waals surface area contributed by atoms with Crippen LogP contribution < -0.4 is 15.6 Å². The summed E-state index contributed by atoms with van der Waals surface area (Å²) in [6, 6.07) is 18.0. The van der Waals surface area contributed by atoms with Gasteiger partial charge in [-0.05, 0) is 37.5 Å². The van der Waals surface area contributed by atoms with E-state index in [0.717, 1.165) is 21.9 Å². The Hall–Kier alpha value is -3.94. The van der Waals surface area contributed by atoms with Crippen LogP contribution in [-0.4, -0.2) is 41.4 Å². The van der Waals surface area contributed by atoms with Gasteiger partial charge in [-0.25, -0.2) is 4.79 Å². The van der Waals surface area contributed by atoms with Crippen LogP contribution in [0.25, 0.3) is 5.69 Å². The predicted octanol–water partition coefficient (Wildman–Crippen LogP) is 2.46. The molecule has 1 heterocycles. The van der Waals surface area contributed by atoms with Gasteiger partial charge < -0.3 is 14.8 Å². The molecule has 1 aromatic heterocycles. The molecule has 0 saturated carbocycles. The molecule has 166 valence electrons. The van der Waals surface area contributed by atoms with Crippen LogP contribution in [0.4, 0.5) is 0 Å². The minimum absolute atomic E-state index is 0.100. The molecule has 0 radical (unpaired) electrons. The lowest BCUT2D eigenvalue weighted by molar-refractivity contribution is -0.123. The van der Waals surface area contributed by atoms with Crippen molar-refractivity contribution in [1.29, 1.82) is 0 Å². The number of aryl methyl sites for hydroxylation is 1. The molecular weight excluding hydrogens is 410 g/mol. The Kier molecular flexibility index (Phi) is 7.75. The Balaban J connectivity index is 1.74. The van der Waals surface area contributed by atoms with Crippen molar-refractivity contribution in [2.24, 2.45) is 0 Å². The first-order valence-corrected chi connectivity index (χ1v) is 10.3. The standard InChI is InChI=1S/C24H25N3O5/c1-3-31-24(30)23-20(15-22(29)27(26-23)19-12-8-7-9-17(19)2)32-16-21(28)25-14-13-18-10-5-4-6-11-18/h4-12,15H,3,13-14,16H2,1-2H3,(H,25,28). The molecule has 0 bridgehead atoms. The summed E-state index contributed by atoms with van der Waals surface area (Å²) in [7, 11) is 0. The molecule has 1 N–H and O–H groups in total. The Morgan fingerprint density at radius 2 is 1.78 bits per heavy atom. The number of carbonyl (C=O) groups is 2. The van der Waals surface area contributed by atoms with Gasteiger partial charge in [0, 0.05) is 6.54 Å². The summed E-state index contributed by atoms with van der Waals surface area (Å²) in [6.45, 7) is 3.69. The number of esters is 1. The highest BCUT2D eigenvalue weighted by atomic mass is 16.5. The average molecular weight is 435 g/mol. The number of benzene rings is 2. The number of rotatable bonds is 9. The molecule has 3 rings (SSSR count). The summed E-state index contributed by atoms with van der Waals surface area (Å²) in [6.07, 6.45) is 0.675. The summed E-state index contributed by atoms with van der Waals surface area (Å²) in [5.74, 6) is -1.22. The molecule has 0 spiro atoms. The molecule has 2 aromatic carbocycles. The largest absolute Gasteiger partial charge is 0.481 e. The van der Waals surface area contributed by atoms with Crippen molar-refractivity contribution in [2.75, 3.05) is 19.8 Å². The van der Waals surface area contributed by atoms with Crippen molar-refractivity contribution in [3.05, 3.63) is 87.8 Å². The number of hydrogen-bond donors (Lipinski definition) is 1. The van der Waals surface area contributed by atoms with Crippen molar-refractivity contribution < 1.29 is 19.1 Å². The van der Waals surface area contributed by atoms with Crippen molar-refractivity contribution >= 4 is 11.9 Å². The number of hydrogen-bond acceptors (Lipinski definition) is 6. The van der Waals surface area contributed by atoms with E-state index in [1.807, 2.05) is 49.4 Å². The third-order valence-electron chi connectivity index (χ3n) is 4.65. The van der Waals surface area contributed by atoms with Gasteiger partial charge in [0.05, 0.1) is 18.4 Å². The zero-order chi connectivity index (χ0) is 22.9. The highest BCUT2D eigenvalue weighted by molar-refractivity contribution is 5.90. The van der Waals surface area contributed by atoms with Crippen molar-refractivity contribution in [3.63, 3.8) is 0 Å². The molecule has 0 saturated heterocycles. The molecule has 1 amide bonds. The second-order valence-electron chi connectivity index (χ2n) is 6.99. The van der Waals surface area contributed by atoms with Gasteiger partial charge in [-0.2, -0.15) is 9.78 Å². The normalized spacial score (nSPS) is 10.4. The SMILES string of the molecule is CCOC(=O)c1nn(-c2ccccc2C)c(=O)cc1OCC(=O)NCCc1ccccc1. The molecule has 8 nitrogen and oxygen atoms in total. The summed E-state index contributed by atoms with van der Waals surface area (Å²) < 4.78 is 11.7. The van der Waals surface area contributed by atoms with E-state index < -0.39 is 11.5 Å². The van der Waals surface area contributed by atoms with Crippen molar-refractivity contribution in [1.82, 2.24) is 15.1 Å². The average Bonchev–Trinajstić information content (AvgIpc) is 2.79.